The second-order valence-corrected chi connectivity index (χ2v) is 4.12. The highest BCUT2D eigenvalue weighted by Gasteiger charge is 2.13. The van der Waals surface area contributed by atoms with E-state index < -0.39 is 0 Å². The molecule has 1 aromatic rings. The Labute approximate surface area is 102 Å². The summed E-state index contributed by atoms with van der Waals surface area (Å²) in [6.07, 6.45) is 0. The number of piperazine rings is 1. The minimum atomic E-state index is 0.414. The van der Waals surface area contributed by atoms with Gasteiger partial charge in [-0.15, -0.1) is 0 Å². The summed E-state index contributed by atoms with van der Waals surface area (Å²) in [6, 6.07) is 8.68. The molecule has 1 aliphatic rings. The summed E-state index contributed by atoms with van der Waals surface area (Å²) in [5.41, 5.74) is 1.30. The van der Waals surface area contributed by atoms with Gasteiger partial charge in [0, 0.05) is 32.8 Å². The lowest BCUT2D eigenvalue weighted by Gasteiger charge is -2.24. The Kier molecular flexibility index (Phi) is 4.79. The predicted octanol–water partition coefficient (Wildman–Crippen LogP) is 0.946. The maximum atomic E-state index is 5.53. The Morgan fingerprint density at radius 2 is 2.00 bits per heavy atom. The molecule has 0 bridgehead atoms. The Morgan fingerprint density at radius 3 is 2.65 bits per heavy atom. The molecule has 94 valence electrons. The molecule has 1 saturated heterocycles. The molecule has 0 amide bonds. The molecule has 4 heteroatoms. The molecule has 4 nitrogen and oxygen atoms in total. The van der Waals surface area contributed by atoms with E-state index >= 15 is 0 Å². The molecule has 2 rings (SSSR count). The number of ether oxygens (including phenoxy) is 2. The first-order valence-corrected chi connectivity index (χ1v) is 6.06. The second kappa shape index (κ2) is 6.59. The molecule has 0 radical (unpaired) electrons. The van der Waals surface area contributed by atoms with Crippen LogP contribution < -0.4 is 15.4 Å². The van der Waals surface area contributed by atoms with Crippen molar-refractivity contribution >= 4 is 0 Å². The molecule has 0 aliphatic carbocycles. The molecule has 1 aromatic carbocycles. The molecular weight excluding hydrogens is 216 g/mol. The first-order valence-electron chi connectivity index (χ1n) is 6.06. The largest absolute Gasteiger partial charge is 0.491 e. The number of hydrogen-bond donors (Lipinski definition) is 2. The highest BCUT2D eigenvalue weighted by molar-refractivity contribution is 5.29. The second-order valence-electron chi connectivity index (χ2n) is 4.12. The topological polar surface area (TPSA) is 42.5 Å². The standard InChI is InChI=1S/C13H20N2O2/c1-16-8-9-17-12-4-2-11(3-5-12)13-10-14-6-7-15-13/h2-5,13-15H,6-10H2,1H3. The molecule has 1 heterocycles. The van der Waals surface area contributed by atoms with Gasteiger partial charge in [-0.05, 0) is 17.7 Å². The molecule has 0 aromatic heterocycles. The molecular formula is C13H20N2O2. The van der Waals surface area contributed by atoms with E-state index in [9.17, 15) is 0 Å². The van der Waals surface area contributed by atoms with Crippen LogP contribution in [-0.2, 0) is 4.74 Å². The summed E-state index contributed by atoms with van der Waals surface area (Å²) in [5.74, 6) is 0.898. The molecule has 17 heavy (non-hydrogen) atoms. The van der Waals surface area contributed by atoms with Crippen molar-refractivity contribution in [1.82, 2.24) is 10.6 Å². The predicted molar refractivity (Wildman–Crippen MR) is 67.4 cm³/mol. The van der Waals surface area contributed by atoms with Crippen molar-refractivity contribution < 1.29 is 9.47 Å². The van der Waals surface area contributed by atoms with E-state index in [0.29, 0.717) is 19.3 Å². The molecule has 1 fully saturated rings. The summed E-state index contributed by atoms with van der Waals surface area (Å²) < 4.78 is 10.5. The highest BCUT2D eigenvalue weighted by Crippen LogP contribution is 2.18. The summed E-state index contributed by atoms with van der Waals surface area (Å²) in [7, 11) is 1.67. The van der Waals surface area contributed by atoms with E-state index in [-0.39, 0.29) is 0 Å². The van der Waals surface area contributed by atoms with Crippen LogP contribution in [0.15, 0.2) is 24.3 Å². The van der Waals surface area contributed by atoms with E-state index in [4.69, 9.17) is 9.47 Å². The van der Waals surface area contributed by atoms with Crippen molar-refractivity contribution in [2.24, 2.45) is 0 Å². The van der Waals surface area contributed by atoms with Crippen molar-refractivity contribution in [3.05, 3.63) is 29.8 Å². The Morgan fingerprint density at radius 1 is 1.18 bits per heavy atom. The number of nitrogens with one attached hydrogen (secondary N) is 2. The molecule has 1 atom stereocenters. The van der Waals surface area contributed by atoms with E-state index in [2.05, 4.69) is 22.8 Å². The first-order chi connectivity index (χ1) is 8.40. The maximum absolute atomic E-state index is 5.53. The van der Waals surface area contributed by atoms with E-state index in [1.165, 1.54) is 5.56 Å². The summed E-state index contributed by atoms with van der Waals surface area (Å²) in [6.45, 7) is 4.28. The molecule has 0 spiro atoms. The minimum Gasteiger partial charge on any atom is -0.491 e. The van der Waals surface area contributed by atoms with Crippen molar-refractivity contribution in [1.29, 1.82) is 0 Å². The van der Waals surface area contributed by atoms with Gasteiger partial charge in [-0.25, -0.2) is 0 Å². The molecule has 1 unspecified atom stereocenters. The summed E-state index contributed by atoms with van der Waals surface area (Å²) in [4.78, 5) is 0. The van der Waals surface area contributed by atoms with Gasteiger partial charge in [0.2, 0.25) is 0 Å². The Bertz CT molecular complexity index is 321. The quantitative estimate of drug-likeness (QED) is 0.747. The number of methoxy groups -OCH3 is 1. The average Bonchev–Trinajstić information content (AvgIpc) is 2.41. The fourth-order valence-electron chi connectivity index (χ4n) is 1.93. The van der Waals surface area contributed by atoms with Crippen molar-refractivity contribution in [3.8, 4) is 5.75 Å². The summed E-state index contributed by atoms with van der Waals surface area (Å²) in [5, 5.41) is 6.86. The van der Waals surface area contributed by atoms with E-state index in [1.807, 2.05) is 12.1 Å². The lowest BCUT2D eigenvalue weighted by atomic mass is 10.1. The van der Waals surface area contributed by atoms with Gasteiger partial charge in [0.15, 0.2) is 0 Å². The monoisotopic (exact) mass is 236 g/mol. The van der Waals surface area contributed by atoms with Crippen molar-refractivity contribution in [2.75, 3.05) is 40.0 Å². The highest BCUT2D eigenvalue weighted by atomic mass is 16.5. The van der Waals surface area contributed by atoms with Crippen LogP contribution in [0.4, 0.5) is 0 Å². The third-order valence-corrected chi connectivity index (χ3v) is 2.88. The third kappa shape index (κ3) is 3.70. The molecule has 2 N–H and O–H groups in total. The Balaban J connectivity index is 1.88. The van der Waals surface area contributed by atoms with Crippen molar-refractivity contribution in [2.45, 2.75) is 6.04 Å². The first kappa shape index (κ1) is 12.4. The van der Waals surface area contributed by atoms with Gasteiger partial charge in [-0.1, -0.05) is 12.1 Å². The van der Waals surface area contributed by atoms with Crippen LogP contribution in [0.2, 0.25) is 0 Å². The lowest BCUT2D eigenvalue weighted by molar-refractivity contribution is 0.146. The van der Waals surface area contributed by atoms with Gasteiger partial charge in [0.05, 0.1) is 6.61 Å². The SMILES string of the molecule is COCCOc1ccc(C2CNCCN2)cc1. The lowest BCUT2D eigenvalue weighted by Crippen LogP contribution is -2.42. The van der Waals surface area contributed by atoms with Gasteiger partial charge in [0.25, 0.3) is 0 Å². The summed E-state index contributed by atoms with van der Waals surface area (Å²) >= 11 is 0. The minimum absolute atomic E-state index is 0.414. The number of rotatable bonds is 5. The number of benzene rings is 1. The smallest absolute Gasteiger partial charge is 0.119 e. The van der Waals surface area contributed by atoms with Crippen LogP contribution in [0.3, 0.4) is 0 Å². The van der Waals surface area contributed by atoms with E-state index in [0.717, 1.165) is 25.4 Å². The normalized spacial score (nSPS) is 20.2. The number of hydrogen-bond acceptors (Lipinski definition) is 4. The zero-order valence-electron chi connectivity index (χ0n) is 10.2. The average molecular weight is 236 g/mol. The van der Waals surface area contributed by atoms with Gasteiger partial charge in [-0.2, -0.15) is 0 Å². The van der Waals surface area contributed by atoms with Gasteiger partial charge in [-0.3, -0.25) is 0 Å². The van der Waals surface area contributed by atoms with Gasteiger partial charge in [0.1, 0.15) is 12.4 Å². The zero-order chi connectivity index (χ0) is 11.9. The third-order valence-electron chi connectivity index (χ3n) is 2.88. The maximum Gasteiger partial charge on any atom is 0.119 e. The van der Waals surface area contributed by atoms with Gasteiger partial charge < -0.3 is 20.1 Å². The van der Waals surface area contributed by atoms with E-state index in [1.54, 1.807) is 7.11 Å². The van der Waals surface area contributed by atoms with Crippen LogP contribution in [0.1, 0.15) is 11.6 Å². The van der Waals surface area contributed by atoms with Crippen LogP contribution >= 0.6 is 0 Å². The van der Waals surface area contributed by atoms with Gasteiger partial charge >= 0.3 is 0 Å². The van der Waals surface area contributed by atoms with Crippen LogP contribution in [0.25, 0.3) is 0 Å². The molecule has 0 saturated carbocycles. The zero-order valence-corrected chi connectivity index (χ0v) is 10.2. The van der Waals surface area contributed by atoms with Crippen LogP contribution in [-0.4, -0.2) is 40.0 Å². The fraction of sp³-hybridized carbons (Fsp3) is 0.538. The van der Waals surface area contributed by atoms with Crippen LogP contribution in [0.5, 0.6) is 5.75 Å². The fourth-order valence-corrected chi connectivity index (χ4v) is 1.93. The molecule has 1 aliphatic heterocycles. The Hall–Kier alpha value is -1.10. The van der Waals surface area contributed by atoms with Crippen LogP contribution in [0, 0.1) is 0 Å². The van der Waals surface area contributed by atoms with Crippen molar-refractivity contribution in [3.63, 3.8) is 0 Å².